The number of rotatable bonds is 5. The lowest BCUT2D eigenvalue weighted by molar-refractivity contribution is -0.136. The SMILES string of the molecule is Nc1cncc(S(=O)(=O)NCCC(=O)O)c1. The number of aromatic nitrogens is 1. The van der Waals surface area contributed by atoms with E-state index in [2.05, 4.69) is 9.71 Å². The first kappa shape index (κ1) is 12.4. The van der Waals surface area contributed by atoms with Gasteiger partial charge in [0.15, 0.2) is 0 Å². The first-order chi connectivity index (χ1) is 7.42. The summed E-state index contributed by atoms with van der Waals surface area (Å²) in [6.45, 7) is -0.174. The second kappa shape index (κ2) is 4.90. The van der Waals surface area contributed by atoms with E-state index in [0.717, 1.165) is 6.20 Å². The largest absolute Gasteiger partial charge is 0.481 e. The summed E-state index contributed by atoms with van der Waals surface area (Å²) in [6, 6.07) is 1.25. The average molecular weight is 245 g/mol. The summed E-state index contributed by atoms with van der Waals surface area (Å²) in [5.41, 5.74) is 5.61. The number of nitrogens with two attached hydrogens (primary N) is 1. The maximum atomic E-state index is 11.6. The molecule has 1 aromatic heterocycles. The maximum absolute atomic E-state index is 11.6. The van der Waals surface area contributed by atoms with Crippen molar-refractivity contribution in [2.75, 3.05) is 12.3 Å². The number of nitrogens with zero attached hydrogens (tertiary/aromatic N) is 1. The molecule has 4 N–H and O–H groups in total. The third-order valence-electron chi connectivity index (χ3n) is 1.68. The fourth-order valence-corrected chi connectivity index (χ4v) is 1.99. The molecule has 0 aliphatic rings. The van der Waals surface area contributed by atoms with Gasteiger partial charge in [-0.05, 0) is 6.07 Å². The number of nitrogen functional groups attached to an aromatic ring is 1. The Kier molecular flexibility index (Phi) is 3.80. The van der Waals surface area contributed by atoms with Gasteiger partial charge in [0.05, 0.1) is 12.1 Å². The van der Waals surface area contributed by atoms with E-state index in [9.17, 15) is 13.2 Å². The maximum Gasteiger partial charge on any atom is 0.304 e. The molecule has 0 saturated carbocycles. The summed E-state index contributed by atoms with van der Waals surface area (Å²) >= 11 is 0. The van der Waals surface area contributed by atoms with Gasteiger partial charge in [-0.3, -0.25) is 9.78 Å². The zero-order valence-corrected chi connectivity index (χ0v) is 9.07. The Bertz CT molecular complexity index is 486. The minimum absolute atomic E-state index is 0.0853. The Morgan fingerprint density at radius 3 is 2.75 bits per heavy atom. The summed E-state index contributed by atoms with van der Waals surface area (Å²) in [6.07, 6.45) is 2.17. The van der Waals surface area contributed by atoms with Crippen LogP contribution in [0.3, 0.4) is 0 Å². The van der Waals surface area contributed by atoms with E-state index in [4.69, 9.17) is 10.8 Å². The van der Waals surface area contributed by atoms with Crippen molar-refractivity contribution in [2.24, 2.45) is 0 Å². The van der Waals surface area contributed by atoms with Crippen molar-refractivity contribution in [3.05, 3.63) is 18.5 Å². The topological polar surface area (TPSA) is 122 Å². The Hall–Kier alpha value is -1.67. The van der Waals surface area contributed by atoms with Crippen LogP contribution in [0.1, 0.15) is 6.42 Å². The number of aliphatic carboxylic acids is 1. The molecule has 0 aromatic carbocycles. The van der Waals surface area contributed by atoms with Crippen LogP contribution in [0, 0.1) is 0 Å². The molecule has 0 bridgehead atoms. The standard InChI is InChI=1S/C8H11N3O4S/c9-6-3-7(5-10-4-6)16(14,15)11-2-1-8(12)13/h3-5,11H,1-2,9H2,(H,12,13). The molecule has 0 fully saturated rings. The van der Waals surface area contributed by atoms with Crippen LogP contribution in [0.25, 0.3) is 0 Å². The van der Waals surface area contributed by atoms with Crippen LogP contribution in [0.4, 0.5) is 5.69 Å². The van der Waals surface area contributed by atoms with Gasteiger partial charge in [0.2, 0.25) is 10.0 Å². The minimum atomic E-state index is -3.73. The lowest BCUT2D eigenvalue weighted by atomic mass is 10.4. The van der Waals surface area contributed by atoms with Crippen LogP contribution >= 0.6 is 0 Å². The van der Waals surface area contributed by atoms with E-state index in [1.165, 1.54) is 12.3 Å². The lowest BCUT2D eigenvalue weighted by Crippen LogP contribution is -2.26. The first-order valence-corrected chi connectivity index (χ1v) is 5.82. The Labute approximate surface area is 92.4 Å². The van der Waals surface area contributed by atoms with E-state index >= 15 is 0 Å². The second-order valence-electron chi connectivity index (χ2n) is 3.00. The monoisotopic (exact) mass is 245 g/mol. The Morgan fingerprint density at radius 2 is 2.19 bits per heavy atom. The lowest BCUT2D eigenvalue weighted by Gasteiger charge is -2.05. The third kappa shape index (κ3) is 3.48. The Morgan fingerprint density at radius 1 is 1.50 bits per heavy atom. The summed E-state index contributed by atoms with van der Waals surface area (Å²) in [7, 11) is -3.73. The number of anilines is 1. The summed E-state index contributed by atoms with van der Waals surface area (Å²) in [5, 5.41) is 8.36. The molecular formula is C8H11N3O4S. The predicted octanol–water partition coefficient (Wildman–Crippen LogP) is -0.583. The van der Waals surface area contributed by atoms with Crippen molar-refractivity contribution in [1.82, 2.24) is 9.71 Å². The number of hydrogen-bond donors (Lipinski definition) is 3. The molecule has 1 rings (SSSR count). The van der Waals surface area contributed by atoms with Crippen LogP contribution in [0.5, 0.6) is 0 Å². The van der Waals surface area contributed by atoms with Crippen molar-refractivity contribution in [1.29, 1.82) is 0 Å². The highest BCUT2D eigenvalue weighted by Crippen LogP contribution is 2.10. The normalized spacial score (nSPS) is 11.2. The highest BCUT2D eigenvalue weighted by atomic mass is 32.2. The van der Waals surface area contributed by atoms with E-state index in [1.54, 1.807) is 0 Å². The van der Waals surface area contributed by atoms with Gasteiger partial charge in [0.25, 0.3) is 0 Å². The molecule has 16 heavy (non-hydrogen) atoms. The minimum Gasteiger partial charge on any atom is -0.481 e. The molecule has 88 valence electrons. The van der Waals surface area contributed by atoms with Crippen LogP contribution in [0.2, 0.25) is 0 Å². The van der Waals surface area contributed by atoms with Crippen molar-refractivity contribution in [3.8, 4) is 0 Å². The summed E-state index contributed by atoms with van der Waals surface area (Å²) in [4.78, 5) is 13.8. The molecule has 1 aromatic rings. The van der Waals surface area contributed by atoms with Crippen molar-refractivity contribution >= 4 is 21.7 Å². The molecule has 7 nitrogen and oxygen atoms in total. The number of sulfonamides is 1. The van der Waals surface area contributed by atoms with Gasteiger partial charge in [-0.1, -0.05) is 0 Å². The highest BCUT2D eigenvalue weighted by Gasteiger charge is 2.14. The number of carboxylic acid groups (broad SMARTS) is 1. The molecule has 0 spiro atoms. The van der Waals surface area contributed by atoms with Gasteiger partial charge < -0.3 is 10.8 Å². The zero-order valence-electron chi connectivity index (χ0n) is 8.25. The Balaban J connectivity index is 2.74. The van der Waals surface area contributed by atoms with Crippen LogP contribution < -0.4 is 10.5 Å². The number of carboxylic acids is 1. The number of nitrogens with one attached hydrogen (secondary N) is 1. The molecule has 0 aliphatic heterocycles. The van der Waals surface area contributed by atoms with Gasteiger partial charge >= 0.3 is 5.97 Å². The quantitative estimate of drug-likeness (QED) is 0.637. The van der Waals surface area contributed by atoms with Gasteiger partial charge in [-0.15, -0.1) is 0 Å². The molecule has 0 atom stereocenters. The van der Waals surface area contributed by atoms with Crippen LogP contribution in [0.15, 0.2) is 23.4 Å². The molecule has 0 radical (unpaired) electrons. The van der Waals surface area contributed by atoms with E-state index < -0.39 is 16.0 Å². The van der Waals surface area contributed by atoms with Gasteiger partial charge in [-0.2, -0.15) is 0 Å². The van der Waals surface area contributed by atoms with Crippen molar-refractivity contribution < 1.29 is 18.3 Å². The summed E-state index contributed by atoms with van der Waals surface area (Å²) in [5.74, 6) is -1.08. The van der Waals surface area contributed by atoms with Crippen LogP contribution in [-0.2, 0) is 14.8 Å². The second-order valence-corrected chi connectivity index (χ2v) is 4.76. The molecule has 0 saturated heterocycles. The number of hydrogen-bond acceptors (Lipinski definition) is 5. The third-order valence-corrected chi connectivity index (χ3v) is 3.10. The summed E-state index contributed by atoms with van der Waals surface area (Å²) < 4.78 is 25.3. The molecule has 0 unspecified atom stereocenters. The van der Waals surface area contributed by atoms with E-state index in [-0.39, 0.29) is 23.5 Å². The van der Waals surface area contributed by atoms with E-state index in [0.29, 0.717) is 0 Å². The smallest absolute Gasteiger partial charge is 0.304 e. The molecule has 8 heteroatoms. The predicted molar refractivity (Wildman–Crippen MR) is 56.1 cm³/mol. The molecule has 0 aliphatic carbocycles. The zero-order chi connectivity index (χ0) is 12.2. The van der Waals surface area contributed by atoms with Gasteiger partial charge in [0, 0.05) is 18.9 Å². The number of carbonyl (C=O) groups is 1. The number of pyridine rings is 1. The van der Waals surface area contributed by atoms with Crippen molar-refractivity contribution in [3.63, 3.8) is 0 Å². The highest BCUT2D eigenvalue weighted by molar-refractivity contribution is 7.89. The molecule has 0 amide bonds. The fourth-order valence-electron chi connectivity index (χ4n) is 0.958. The fraction of sp³-hybridized carbons (Fsp3) is 0.250. The first-order valence-electron chi connectivity index (χ1n) is 4.34. The van der Waals surface area contributed by atoms with Gasteiger partial charge in [0.1, 0.15) is 4.90 Å². The van der Waals surface area contributed by atoms with Crippen molar-refractivity contribution in [2.45, 2.75) is 11.3 Å². The molecular weight excluding hydrogens is 234 g/mol. The average Bonchev–Trinajstić information content (AvgIpc) is 2.16. The van der Waals surface area contributed by atoms with Gasteiger partial charge in [-0.25, -0.2) is 13.1 Å². The van der Waals surface area contributed by atoms with E-state index in [1.807, 2.05) is 0 Å². The molecule has 1 heterocycles. The van der Waals surface area contributed by atoms with Crippen LogP contribution in [-0.4, -0.2) is 31.0 Å².